The number of carbonyl (C=O) groups excluding carboxylic acids is 3. The highest BCUT2D eigenvalue weighted by atomic mass is 35.5. The summed E-state index contributed by atoms with van der Waals surface area (Å²) in [6.45, 7) is 0.377. The van der Waals surface area contributed by atoms with Gasteiger partial charge in [-0.1, -0.05) is 17.7 Å². The van der Waals surface area contributed by atoms with Crippen molar-refractivity contribution in [3.05, 3.63) is 58.6 Å². The van der Waals surface area contributed by atoms with Gasteiger partial charge in [-0.3, -0.25) is 14.4 Å². The first-order chi connectivity index (χ1) is 17.1. The summed E-state index contributed by atoms with van der Waals surface area (Å²) < 4.78 is 49.0. The van der Waals surface area contributed by atoms with Crippen LogP contribution in [0, 0.1) is 0 Å². The van der Waals surface area contributed by atoms with E-state index in [1.807, 2.05) is 0 Å². The quantitative estimate of drug-likeness (QED) is 0.277. The lowest BCUT2D eigenvalue weighted by molar-refractivity contribution is -0.139. The van der Waals surface area contributed by atoms with Crippen molar-refractivity contribution in [1.82, 2.24) is 10.7 Å². The zero-order chi connectivity index (χ0) is 26.1. The van der Waals surface area contributed by atoms with Crippen molar-refractivity contribution in [2.45, 2.75) is 25.1 Å². The second-order valence-corrected chi connectivity index (χ2v) is 8.06. The van der Waals surface area contributed by atoms with Crippen molar-refractivity contribution in [1.29, 1.82) is 0 Å². The maximum absolute atomic E-state index is 12.8. The van der Waals surface area contributed by atoms with Crippen LogP contribution in [-0.2, 0) is 25.3 Å². The van der Waals surface area contributed by atoms with Gasteiger partial charge in [0.2, 0.25) is 0 Å². The third kappa shape index (κ3) is 8.24. The maximum Gasteiger partial charge on any atom is 0.416 e. The van der Waals surface area contributed by atoms with Gasteiger partial charge >= 0.3 is 18.0 Å². The largest absolute Gasteiger partial charge is 0.482 e. The summed E-state index contributed by atoms with van der Waals surface area (Å²) in [4.78, 5) is 35.6. The van der Waals surface area contributed by atoms with Gasteiger partial charge < -0.3 is 20.1 Å². The molecule has 0 radical (unpaired) electrons. The molecule has 1 aliphatic rings. The molecule has 9 nitrogen and oxygen atoms in total. The van der Waals surface area contributed by atoms with E-state index in [4.69, 9.17) is 21.1 Å². The zero-order valence-corrected chi connectivity index (χ0v) is 19.5. The third-order valence-corrected chi connectivity index (χ3v) is 5.18. The first kappa shape index (κ1) is 27.0. The number of hydrogen-bond acceptors (Lipinski definition) is 6. The molecule has 0 bridgehead atoms. The summed E-state index contributed by atoms with van der Waals surface area (Å²) in [6, 6.07) is 8.61. The second kappa shape index (κ2) is 12.4. The minimum atomic E-state index is -4.53. The summed E-state index contributed by atoms with van der Waals surface area (Å²) >= 11 is 6.13. The number of hydrogen-bond donors (Lipinski definition) is 3. The van der Waals surface area contributed by atoms with Crippen molar-refractivity contribution in [3.8, 4) is 5.75 Å². The number of rotatable bonds is 8. The fourth-order valence-electron chi connectivity index (χ4n) is 3.14. The number of hydrazone groups is 1. The average molecular weight is 527 g/mol. The predicted molar refractivity (Wildman–Crippen MR) is 125 cm³/mol. The number of halogens is 4. The van der Waals surface area contributed by atoms with Crippen LogP contribution in [0.5, 0.6) is 5.75 Å². The Morgan fingerprint density at radius 1 is 1.17 bits per heavy atom. The molecule has 36 heavy (non-hydrogen) atoms. The van der Waals surface area contributed by atoms with E-state index in [1.165, 1.54) is 36.5 Å². The molecule has 1 atom stereocenters. The first-order valence-electron chi connectivity index (χ1n) is 10.7. The summed E-state index contributed by atoms with van der Waals surface area (Å²) in [5.41, 5.74) is 1.64. The van der Waals surface area contributed by atoms with E-state index in [2.05, 4.69) is 21.2 Å². The molecule has 1 saturated heterocycles. The fourth-order valence-corrected chi connectivity index (χ4v) is 3.38. The van der Waals surface area contributed by atoms with Crippen molar-refractivity contribution in [2.75, 3.05) is 25.1 Å². The Balaban J connectivity index is 1.45. The average Bonchev–Trinajstić information content (AvgIpc) is 3.35. The van der Waals surface area contributed by atoms with E-state index in [0.717, 1.165) is 25.0 Å². The molecular formula is C23H22ClF3N4O5. The van der Waals surface area contributed by atoms with Gasteiger partial charge in [-0.2, -0.15) is 18.3 Å². The van der Waals surface area contributed by atoms with Gasteiger partial charge in [0.05, 0.1) is 22.9 Å². The lowest BCUT2D eigenvalue weighted by Crippen LogP contribution is -2.41. The molecule has 0 unspecified atom stereocenters. The minimum Gasteiger partial charge on any atom is -0.482 e. The Morgan fingerprint density at radius 2 is 1.97 bits per heavy atom. The number of amides is 3. The van der Waals surface area contributed by atoms with E-state index >= 15 is 0 Å². The molecule has 1 fully saturated rings. The summed E-state index contributed by atoms with van der Waals surface area (Å²) in [5.74, 6) is -2.32. The lowest BCUT2D eigenvalue weighted by Gasteiger charge is -2.11. The van der Waals surface area contributed by atoms with Crippen molar-refractivity contribution in [3.63, 3.8) is 0 Å². The van der Waals surface area contributed by atoms with Gasteiger partial charge in [-0.05, 0) is 54.8 Å². The molecule has 0 saturated carbocycles. The highest BCUT2D eigenvalue weighted by molar-refractivity contribution is 6.35. The minimum absolute atomic E-state index is 0.0290. The number of benzene rings is 2. The number of alkyl halides is 3. The number of nitrogens with one attached hydrogen (secondary N) is 3. The van der Waals surface area contributed by atoms with Crippen LogP contribution in [0.2, 0.25) is 5.02 Å². The van der Waals surface area contributed by atoms with Crippen LogP contribution in [0.3, 0.4) is 0 Å². The number of anilines is 1. The molecule has 3 N–H and O–H groups in total. The van der Waals surface area contributed by atoms with Gasteiger partial charge in [-0.25, -0.2) is 5.43 Å². The van der Waals surface area contributed by atoms with Crippen LogP contribution in [0.15, 0.2) is 47.6 Å². The highest BCUT2D eigenvalue weighted by Crippen LogP contribution is 2.30. The van der Waals surface area contributed by atoms with Gasteiger partial charge in [0.1, 0.15) is 5.75 Å². The lowest BCUT2D eigenvalue weighted by atomic mass is 10.2. The Hall–Kier alpha value is -3.64. The first-order valence-corrected chi connectivity index (χ1v) is 11.1. The summed E-state index contributed by atoms with van der Waals surface area (Å²) in [5, 5.41) is 8.60. The van der Waals surface area contributed by atoms with E-state index in [0.29, 0.717) is 12.2 Å². The topological polar surface area (TPSA) is 118 Å². The van der Waals surface area contributed by atoms with Crippen LogP contribution < -0.4 is 20.8 Å². The Labute approximate surface area is 209 Å². The third-order valence-electron chi connectivity index (χ3n) is 4.89. The monoisotopic (exact) mass is 526 g/mol. The molecule has 3 amide bonds. The second-order valence-electron chi connectivity index (χ2n) is 7.65. The smallest absolute Gasteiger partial charge is 0.416 e. The van der Waals surface area contributed by atoms with E-state index in [-0.39, 0.29) is 29.1 Å². The van der Waals surface area contributed by atoms with Crippen LogP contribution in [0.4, 0.5) is 18.9 Å². The molecule has 0 aliphatic carbocycles. The fraction of sp³-hybridized carbons (Fsp3) is 0.304. The van der Waals surface area contributed by atoms with E-state index in [9.17, 15) is 27.6 Å². The van der Waals surface area contributed by atoms with Crippen LogP contribution in [0.1, 0.15) is 24.0 Å². The van der Waals surface area contributed by atoms with Crippen molar-refractivity contribution in [2.24, 2.45) is 5.10 Å². The molecule has 13 heteroatoms. The van der Waals surface area contributed by atoms with Gasteiger partial charge in [0, 0.05) is 18.8 Å². The molecule has 2 aromatic rings. The molecule has 1 heterocycles. The zero-order valence-electron chi connectivity index (χ0n) is 18.7. The predicted octanol–water partition coefficient (Wildman–Crippen LogP) is 3.12. The number of nitrogens with zero attached hydrogens (tertiary/aromatic N) is 1. The SMILES string of the molecule is O=C(COc1ccc(/C=N\NC(=O)C(=O)NC[C@@H]2CCCO2)cc1Cl)Nc1cccc(C(F)(F)F)c1. The van der Waals surface area contributed by atoms with Crippen LogP contribution >= 0.6 is 11.6 Å². The molecule has 3 rings (SSSR count). The molecule has 1 aliphatic heterocycles. The Morgan fingerprint density at radius 3 is 2.67 bits per heavy atom. The number of ether oxygens (including phenoxy) is 2. The molecule has 0 spiro atoms. The van der Waals surface area contributed by atoms with Crippen molar-refractivity contribution < 1.29 is 37.0 Å². The highest BCUT2D eigenvalue weighted by Gasteiger charge is 2.30. The van der Waals surface area contributed by atoms with Gasteiger partial charge in [0.15, 0.2) is 6.61 Å². The van der Waals surface area contributed by atoms with Crippen molar-refractivity contribution >= 4 is 41.2 Å². The Bertz CT molecular complexity index is 1140. The van der Waals surface area contributed by atoms with Crippen LogP contribution in [0.25, 0.3) is 0 Å². The van der Waals surface area contributed by atoms with Crippen LogP contribution in [-0.4, -0.2) is 49.8 Å². The maximum atomic E-state index is 12.8. The molecule has 2 aromatic carbocycles. The Kier molecular flexibility index (Phi) is 9.25. The van der Waals surface area contributed by atoms with Gasteiger partial charge in [-0.15, -0.1) is 0 Å². The summed E-state index contributed by atoms with van der Waals surface area (Å²) in [6.07, 6.45) is -1.64. The van der Waals surface area contributed by atoms with Gasteiger partial charge in [0.25, 0.3) is 5.91 Å². The normalized spacial score (nSPS) is 15.5. The summed E-state index contributed by atoms with van der Waals surface area (Å²) in [7, 11) is 0. The van der Waals surface area contributed by atoms with E-state index < -0.39 is 36.1 Å². The van der Waals surface area contributed by atoms with E-state index in [1.54, 1.807) is 0 Å². The molecule has 0 aromatic heterocycles. The molecule has 192 valence electrons. The standard InChI is InChI=1S/C23H22ClF3N4O5/c24-18-9-14(11-29-31-22(34)21(33)28-12-17-5-2-8-35-17)6-7-19(18)36-13-20(32)30-16-4-1-3-15(10-16)23(25,26)27/h1,3-4,6-7,9-11,17H,2,5,8,12-13H2,(H,28,33)(H,30,32)(H,31,34)/b29-11-/t17-/m0/s1. The number of carbonyl (C=O) groups is 3. The molecular weight excluding hydrogens is 505 g/mol.